The molecule has 4 atom stereocenters. The number of carboxylic acid groups (broad SMARTS) is 1. The van der Waals surface area contributed by atoms with E-state index in [-0.39, 0.29) is 30.8 Å². The molecule has 2 fully saturated rings. The first-order chi connectivity index (χ1) is 21.7. The van der Waals surface area contributed by atoms with Gasteiger partial charge in [0.15, 0.2) is 0 Å². The van der Waals surface area contributed by atoms with Crippen LogP contribution in [0.1, 0.15) is 59.3 Å². The van der Waals surface area contributed by atoms with Gasteiger partial charge in [0.05, 0.1) is 4.90 Å². The molecule has 1 aliphatic carbocycles. The molecular formula is C33H42N4O8S. The fourth-order valence-electron chi connectivity index (χ4n) is 6.25. The van der Waals surface area contributed by atoms with Crippen LogP contribution in [-0.4, -0.2) is 89.5 Å². The second kappa shape index (κ2) is 13.0. The number of allylic oxidation sites excluding steroid dienone is 1. The fraction of sp³-hybridized carbons (Fsp3) is 0.515. The molecule has 0 spiro atoms. The molecule has 248 valence electrons. The van der Waals surface area contributed by atoms with Crippen molar-refractivity contribution in [2.24, 2.45) is 5.92 Å². The molecule has 5 rings (SSSR count). The van der Waals surface area contributed by atoms with E-state index < -0.39 is 69.6 Å². The van der Waals surface area contributed by atoms with E-state index in [1.54, 1.807) is 39.0 Å². The van der Waals surface area contributed by atoms with Gasteiger partial charge in [-0.2, -0.15) is 4.31 Å². The van der Waals surface area contributed by atoms with E-state index in [9.17, 15) is 32.7 Å². The molecule has 2 aromatic rings. The maximum Gasteiger partial charge on any atom is 0.408 e. The SMILES string of the molecule is CC(C)(C)OC(=O)N[C@H]1CCCCC/C=C/C2C[C@]2(C(=O)O)NC(=O)[C@@H]2CN(S(=O)(=O)c3cccc4ccccc34)CCN2C1=O. The highest BCUT2D eigenvalue weighted by atomic mass is 32.2. The highest BCUT2D eigenvalue weighted by Crippen LogP contribution is 2.45. The minimum Gasteiger partial charge on any atom is -0.479 e. The number of carboxylic acids is 1. The number of nitrogens with one attached hydrogen (secondary N) is 2. The number of amides is 3. The first-order valence-electron chi connectivity index (χ1n) is 15.7. The van der Waals surface area contributed by atoms with Gasteiger partial charge in [-0.25, -0.2) is 18.0 Å². The first-order valence-corrected chi connectivity index (χ1v) is 17.2. The van der Waals surface area contributed by atoms with Gasteiger partial charge in [-0.3, -0.25) is 9.59 Å². The Labute approximate surface area is 269 Å². The second-order valence-electron chi connectivity index (χ2n) is 13.2. The van der Waals surface area contributed by atoms with Crippen molar-refractivity contribution in [1.82, 2.24) is 19.8 Å². The number of alkyl carbamates (subject to hydrolysis) is 1. The minimum absolute atomic E-state index is 0.0711. The van der Waals surface area contributed by atoms with Gasteiger partial charge in [-0.05, 0) is 57.9 Å². The van der Waals surface area contributed by atoms with Crippen LogP contribution in [-0.2, 0) is 29.1 Å². The Kier molecular flexibility index (Phi) is 9.46. The van der Waals surface area contributed by atoms with Crippen LogP contribution >= 0.6 is 0 Å². The van der Waals surface area contributed by atoms with E-state index in [0.29, 0.717) is 18.2 Å². The number of aliphatic carboxylic acids is 1. The molecule has 1 saturated heterocycles. The molecule has 1 saturated carbocycles. The standard InChI is InChI=1S/C33H42N4O8S/c1-32(2,3)45-31(42)34-25-16-8-6-4-5-7-14-23-20-33(23,30(40)41)35-28(38)26-21-36(18-19-37(26)29(25)39)46(43,44)27-17-11-13-22-12-9-10-15-24(22)27/h7,9-15,17,23,25-26H,4-6,8,16,18-21H2,1-3H3,(H,34,42)(H,35,38)(H,40,41)/b14-7+/t23?,25-,26-,33-/m0/s1. The second-order valence-corrected chi connectivity index (χ2v) is 15.1. The van der Waals surface area contributed by atoms with E-state index in [0.717, 1.165) is 18.2 Å². The topological polar surface area (TPSA) is 162 Å². The highest BCUT2D eigenvalue weighted by Gasteiger charge is 2.61. The van der Waals surface area contributed by atoms with Gasteiger partial charge in [-0.15, -0.1) is 0 Å². The van der Waals surface area contributed by atoms with Gasteiger partial charge >= 0.3 is 12.1 Å². The number of piperazine rings is 1. The molecule has 2 heterocycles. The number of hydrogen-bond acceptors (Lipinski definition) is 7. The third-order valence-corrected chi connectivity index (χ3v) is 10.7. The largest absolute Gasteiger partial charge is 0.479 e. The molecule has 2 aromatic carbocycles. The van der Waals surface area contributed by atoms with Crippen molar-refractivity contribution in [2.45, 2.75) is 87.4 Å². The Morgan fingerprint density at radius 3 is 2.52 bits per heavy atom. The minimum atomic E-state index is -4.14. The van der Waals surface area contributed by atoms with Crippen molar-refractivity contribution in [2.75, 3.05) is 19.6 Å². The Hall–Kier alpha value is -3.97. The first kappa shape index (κ1) is 33.4. The predicted molar refractivity (Wildman–Crippen MR) is 170 cm³/mol. The van der Waals surface area contributed by atoms with Crippen molar-refractivity contribution in [3.05, 3.63) is 54.6 Å². The molecule has 0 aromatic heterocycles. The number of fused-ring (bicyclic) bond motifs is 3. The maximum atomic E-state index is 14.1. The number of rotatable bonds is 4. The molecule has 3 N–H and O–H groups in total. The summed E-state index contributed by atoms with van der Waals surface area (Å²) in [5.41, 5.74) is -2.36. The average molecular weight is 655 g/mol. The van der Waals surface area contributed by atoms with Crippen LogP contribution in [0, 0.1) is 5.92 Å². The lowest BCUT2D eigenvalue weighted by atomic mass is 10.0. The summed E-state index contributed by atoms with van der Waals surface area (Å²) in [7, 11) is -4.14. The third kappa shape index (κ3) is 7.05. The highest BCUT2D eigenvalue weighted by molar-refractivity contribution is 7.89. The Morgan fingerprint density at radius 2 is 1.78 bits per heavy atom. The zero-order valence-electron chi connectivity index (χ0n) is 26.4. The molecule has 46 heavy (non-hydrogen) atoms. The van der Waals surface area contributed by atoms with Gasteiger partial charge < -0.3 is 25.4 Å². The summed E-state index contributed by atoms with van der Waals surface area (Å²) in [4.78, 5) is 54.7. The lowest BCUT2D eigenvalue weighted by Crippen LogP contribution is -2.65. The lowest BCUT2D eigenvalue weighted by Gasteiger charge is -2.41. The Bertz CT molecular complexity index is 1650. The summed E-state index contributed by atoms with van der Waals surface area (Å²) >= 11 is 0. The summed E-state index contributed by atoms with van der Waals surface area (Å²) in [6.45, 7) is 4.48. The average Bonchev–Trinajstić information content (AvgIpc) is 3.71. The van der Waals surface area contributed by atoms with Crippen molar-refractivity contribution >= 4 is 44.7 Å². The quantitative estimate of drug-likeness (QED) is 0.423. The van der Waals surface area contributed by atoms with Crippen LogP contribution < -0.4 is 10.6 Å². The summed E-state index contributed by atoms with van der Waals surface area (Å²) in [6.07, 6.45) is 6.28. The molecule has 13 heteroatoms. The molecule has 2 aliphatic heterocycles. The van der Waals surface area contributed by atoms with E-state index >= 15 is 0 Å². The van der Waals surface area contributed by atoms with Gasteiger partial charge in [0.25, 0.3) is 0 Å². The number of ether oxygens (including phenoxy) is 1. The molecule has 1 unspecified atom stereocenters. The van der Waals surface area contributed by atoms with Crippen LogP contribution in [0.25, 0.3) is 10.8 Å². The number of carbonyl (C=O) groups excluding carboxylic acids is 3. The third-order valence-electron chi connectivity index (χ3n) is 8.76. The molecule has 12 nitrogen and oxygen atoms in total. The molecular weight excluding hydrogens is 612 g/mol. The van der Waals surface area contributed by atoms with Crippen LogP contribution in [0.3, 0.4) is 0 Å². The fourth-order valence-corrected chi connectivity index (χ4v) is 7.90. The monoisotopic (exact) mass is 654 g/mol. The van der Waals surface area contributed by atoms with Crippen molar-refractivity contribution in [3.63, 3.8) is 0 Å². The van der Waals surface area contributed by atoms with Crippen LogP contribution in [0.15, 0.2) is 59.5 Å². The number of hydrogen-bond donors (Lipinski definition) is 3. The number of benzene rings is 2. The smallest absolute Gasteiger partial charge is 0.408 e. The summed E-state index contributed by atoms with van der Waals surface area (Å²) in [6, 6.07) is 9.66. The zero-order chi connectivity index (χ0) is 33.3. The van der Waals surface area contributed by atoms with Crippen LogP contribution in [0.5, 0.6) is 0 Å². The number of carbonyl (C=O) groups is 4. The van der Waals surface area contributed by atoms with E-state index in [1.807, 2.05) is 30.4 Å². The van der Waals surface area contributed by atoms with Crippen molar-refractivity contribution < 1.29 is 37.4 Å². The maximum absolute atomic E-state index is 14.1. The number of sulfonamides is 1. The zero-order valence-corrected chi connectivity index (χ0v) is 27.2. The summed E-state index contributed by atoms with van der Waals surface area (Å²) in [5.74, 6) is -2.95. The molecule has 3 amide bonds. The normalized spacial score (nSPS) is 27.3. The van der Waals surface area contributed by atoms with Gasteiger partial charge in [0, 0.05) is 30.9 Å². The number of nitrogens with zero attached hydrogens (tertiary/aromatic N) is 2. The van der Waals surface area contributed by atoms with Gasteiger partial charge in [0.1, 0.15) is 23.2 Å². The molecule has 3 aliphatic rings. The van der Waals surface area contributed by atoms with Crippen molar-refractivity contribution in [3.8, 4) is 0 Å². The Balaban J connectivity index is 1.49. The Morgan fingerprint density at radius 1 is 1.04 bits per heavy atom. The summed E-state index contributed by atoms with van der Waals surface area (Å²) in [5, 5.41) is 16.7. The molecule has 0 bridgehead atoms. The van der Waals surface area contributed by atoms with Crippen molar-refractivity contribution in [1.29, 1.82) is 0 Å². The van der Waals surface area contributed by atoms with Gasteiger partial charge in [-0.1, -0.05) is 61.4 Å². The van der Waals surface area contributed by atoms with Gasteiger partial charge in [0.2, 0.25) is 21.8 Å². The van der Waals surface area contributed by atoms with E-state index in [1.165, 1.54) is 15.3 Å². The van der Waals surface area contributed by atoms with Crippen LogP contribution in [0.4, 0.5) is 4.79 Å². The summed E-state index contributed by atoms with van der Waals surface area (Å²) < 4.78 is 34.7. The van der Waals surface area contributed by atoms with E-state index in [4.69, 9.17) is 4.74 Å². The predicted octanol–water partition coefficient (Wildman–Crippen LogP) is 3.41. The van der Waals surface area contributed by atoms with Crippen LogP contribution in [0.2, 0.25) is 0 Å². The lowest BCUT2D eigenvalue weighted by molar-refractivity contribution is -0.148. The van der Waals surface area contributed by atoms with E-state index in [2.05, 4.69) is 10.6 Å². The molecule has 0 radical (unpaired) electrons.